The number of anilines is 2. The van der Waals surface area contributed by atoms with Gasteiger partial charge in [0.15, 0.2) is 11.6 Å². The molecule has 0 spiro atoms. The number of nitrogens with one attached hydrogen (secondary N) is 1. The highest BCUT2D eigenvalue weighted by molar-refractivity contribution is 5.98. The molecule has 5 rings (SSSR count). The Hall–Kier alpha value is -3.15. The van der Waals surface area contributed by atoms with E-state index in [9.17, 15) is 13.2 Å². The number of aromatic nitrogens is 4. The van der Waals surface area contributed by atoms with Crippen molar-refractivity contribution < 1.29 is 22.3 Å². The van der Waals surface area contributed by atoms with Crippen molar-refractivity contribution in [3.8, 4) is 17.1 Å². The SMILES string of the molecule is CCC[C@H]1CN(c2nn(C3CC3)c3c(F)c(-c4cc(N)nc(C)c4C(F)(F)F)nc(OC)c23)CCN1. The highest BCUT2D eigenvalue weighted by Crippen LogP contribution is 2.46. The minimum Gasteiger partial charge on any atom is -0.480 e. The lowest BCUT2D eigenvalue weighted by Gasteiger charge is -2.34. The van der Waals surface area contributed by atoms with Crippen molar-refractivity contribution in [3.63, 3.8) is 0 Å². The molecule has 0 bridgehead atoms. The second-order valence-electron chi connectivity index (χ2n) is 9.45. The summed E-state index contributed by atoms with van der Waals surface area (Å²) in [6, 6.07) is 1.23. The van der Waals surface area contributed by atoms with Gasteiger partial charge in [-0.25, -0.2) is 14.4 Å². The Labute approximate surface area is 205 Å². The first-order valence-electron chi connectivity index (χ1n) is 12.1. The average Bonchev–Trinajstić information content (AvgIpc) is 3.58. The molecule has 1 aliphatic carbocycles. The zero-order valence-corrected chi connectivity index (χ0v) is 20.4. The van der Waals surface area contributed by atoms with Gasteiger partial charge in [-0.3, -0.25) is 4.68 Å². The van der Waals surface area contributed by atoms with Crippen molar-refractivity contribution in [1.82, 2.24) is 25.1 Å². The van der Waals surface area contributed by atoms with Gasteiger partial charge in [0.2, 0.25) is 5.88 Å². The molecule has 3 N–H and O–H groups in total. The summed E-state index contributed by atoms with van der Waals surface area (Å²) >= 11 is 0. The minimum absolute atomic E-state index is 0.0232. The molecule has 8 nitrogen and oxygen atoms in total. The Morgan fingerprint density at radius 3 is 2.64 bits per heavy atom. The average molecular weight is 508 g/mol. The highest BCUT2D eigenvalue weighted by Gasteiger charge is 2.40. The van der Waals surface area contributed by atoms with Gasteiger partial charge in [-0.05, 0) is 32.3 Å². The Morgan fingerprint density at radius 1 is 1.25 bits per heavy atom. The van der Waals surface area contributed by atoms with Gasteiger partial charge in [0.05, 0.1) is 24.4 Å². The maximum absolute atomic E-state index is 16.3. The number of hydrogen-bond donors (Lipinski definition) is 2. The molecule has 0 radical (unpaired) electrons. The molecular weight excluding hydrogens is 478 g/mol. The third-order valence-corrected chi connectivity index (χ3v) is 6.77. The number of aryl methyl sites for hydroxylation is 1. The standard InChI is InChI=1S/C24H29F4N7O/c1-4-5-13-11-34(9-8-30-13)22-17-21(35(33-22)14-6-7-14)19(25)20(32-23(17)36-3)15-10-16(29)31-12(2)18(15)24(26,27)28/h10,13-14,30H,4-9,11H2,1-3H3,(H2,29,31)/t13-/m0/s1. The third kappa shape index (κ3) is 4.21. The predicted molar refractivity (Wildman–Crippen MR) is 129 cm³/mol. The van der Waals surface area contributed by atoms with Crippen molar-refractivity contribution in [3.05, 3.63) is 23.1 Å². The van der Waals surface area contributed by atoms with Crippen LogP contribution in [-0.2, 0) is 6.18 Å². The fourth-order valence-electron chi connectivity index (χ4n) is 5.08. The van der Waals surface area contributed by atoms with Crippen LogP contribution < -0.4 is 20.7 Å². The summed E-state index contributed by atoms with van der Waals surface area (Å²) in [6.07, 6.45) is -1.17. The lowest BCUT2D eigenvalue weighted by molar-refractivity contribution is -0.137. The van der Waals surface area contributed by atoms with Crippen molar-refractivity contribution in [1.29, 1.82) is 0 Å². The topological polar surface area (TPSA) is 94.1 Å². The minimum atomic E-state index is -4.78. The second-order valence-corrected chi connectivity index (χ2v) is 9.45. The van der Waals surface area contributed by atoms with E-state index in [0.29, 0.717) is 24.3 Å². The number of ether oxygens (including phenoxy) is 1. The molecule has 2 aliphatic rings. The number of pyridine rings is 2. The molecule has 1 atom stereocenters. The monoisotopic (exact) mass is 507 g/mol. The van der Waals surface area contributed by atoms with Crippen LogP contribution in [-0.4, -0.2) is 52.5 Å². The fraction of sp³-hybridized carbons (Fsp3) is 0.542. The molecule has 36 heavy (non-hydrogen) atoms. The summed E-state index contributed by atoms with van der Waals surface area (Å²) < 4.78 is 65.5. The number of piperazine rings is 1. The van der Waals surface area contributed by atoms with Crippen LogP contribution in [0.4, 0.5) is 29.2 Å². The van der Waals surface area contributed by atoms with Gasteiger partial charge in [0.1, 0.15) is 22.4 Å². The maximum atomic E-state index is 16.3. The number of nitrogens with two attached hydrogens (primary N) is 1. The van der Waals surface area contributed by atoms with Crippen LogP contribution in [0, 0.1) is 12.7 Å². The third-order valence-electron chi connectivity index (χ3n) is 6.77. The summed E-state index contributed by atoms with van der Waals surface area (Å²) in [5.41, 5.74) is 3.49. The molecular formula is C24H29F4N7O. The number of methoxy groups -OCH3 is 1. The zero-order valence-electron chi connectivity index (χ0n) is 20.4. The normalized spacial score (nSPS) is 18.8. The summed E-state index contributed by atoms with van der Waals surface area (Å²) in [4.78, 5) is 10.1. The van der Waals surface area contributed by atoms with Crippen LogP contribution in [0.15, 0.2) is 6.07 Å². The Kier molecular flexibility index (Phi) is 6.17. The lowest BCUT2D eigenvalue weighted by atomic mass is 10.0. The summed E-state index contributed by atoms with van der Waals surface area (Å²) in [7, 11) is 1.37. The van der Waals surface area contributed by atoms with Crippen LogP contribution in [0.25, 0.3) is 22.2 Å². The van der Waals surface area contributed by atoms with E-state index in [1.807, 2.05) is 0 Å². The van der Waals surface area contributed by atoms with Crippen molar-refractivity contribution in [2.75, 3.05) is 37.4 Å². The number of rotatable bonds is 6. The number of halogens is 4. The number of hydrogen-bond acceptors (Lipinski definition) is 7. The molecule has 0 unspecified atom stereocenters. The molecule has 0 aromatic carbocycles. The summed E-state index contributed by atoms with van der Waals surface area (Å²) in [6.45, 7) is 5.38. The molecule has 1 aliphatic heterocycles. The van der Waals surface area contributed by atoms with E-state index in [1.54, 1.807) is 4.68 Å². The van der Waals surface area contributed by atoms with Gasteiger partial charge < -0.3 is 20.7 Å². The second kappa shape index (κ2) is 9.06. The number of fused-ring (bicyclic) bond motifs is 1. The van der Waals surface area contributed by atoms with Crippen molar-refractivity contribution >= 4 is 22.5 Å². The van der Waals surface area contributed by atoms with E-state index >= 15 is 4.39 Å². The van der Waals surface area contributed by atoms with Crippen LogP contribution in [0.5, 0.6) is 5.88 Å². The van der Waals surface area contributed by atoms with E-state index in [0.717, 1.165) is 38.3 Å². The number of alkyl halides is 3. The van der Waals surface area contributed by atoms with Crippen molar-refractivity contribution in [2.24, 2.45) is 0 Å². The fourth-order valence-corrected chi connectivity index (χ4v) is 5.08. The molecule has 4 heterocycles. The first kappa shape index (κ1) is 24.5. The zero-order chi connectivity index (χ0) is 25.8. The van der Waals surface area contributed by atoms with Gasteiger partial charge in [0.25, 0.3) is 0 Å². The lowest BCUT2D eigenvalue weighted by Crippen LogP contribution is -2.50. The first-order chi connectivity index (χ1) is 17.1. The first-order valence-corrected chi connectivity index (χ1v) is 12.1. The molecule has 12 heteroatoms. The van der Waals surface area contributed by atoms with Crippen LogP contribution in [0.1, 0.15) is 49.9 Å². The van der Waals surface area contributed by atoms with E-state index < -0.39 is 28.8 Å². The summed E-state index contributed by atoms with van der Waals surface area (Å²) in [5.74, 6) is -0.479. The van der Waals surface area contributed by atoms with Gasteiger partial charge in [-0.2, -0.15) is 18.3 Å². The molecule has 1 saturated carbocycles. The summed E-state index contributed by atoms with van der Waals surface area (Å²) in [5, 5.41) is 8.64. The Balaban J connectivity index is 1.76. The largest absolute Gasteiger partial charge is 0.480 e. The number of nitrogens with zero attached hydrogens (tertiary/aromatic N) is 5. The molecule has 2 fully saturated rings. The number of nitrogen functional groups attached to an aromatic ring is 1. The van der Waals surface area contributed by atoms with Crippen LogP contribution >= 0.6 is 0 Å². The van der Waals surface area contributed by atoms with Gasteiger partial charge in [0, 0.05) is 31.2 Å². The highest BCUT2D eigenvalue weighted by atomic mass is 19.4. The predicted octanol–water partition coefficient (Wildman–Crippen LogP) is 4.46. The van der Waals surface area contributed by atoms with E-state index in [4.69, 9.17) is 15.6 Å². The quantitative estimate of drug-likeness (QED) is 0.476. The molecule has 3 aromatic rings. The van der Waals surface area contributed by atoms with Crippen LogP contribution in [0.2, 0.25) is 0 Å². The Bertz CT molecular complexity index is 1300. The maximum Gasteiger partial charge on any atom is 0.418 e. The molecule has 1 saturated heterocycles. The molecule has 0 amide bonds. The van der Waals surface area contributed by atoms with Crippen molar-refractivity contribution in [2.45, 2.75) is 57.8 Å². The van der Waals surface area contributed by atoms with Gasteiger partial charge in [-0.15, -0.1) is 0 Å². The van der Waals surface area contributed by atoms with E-state index in [1.165, 1.54) is 14.0 Å². The van der Waals surface area contributed by atoms with E-state index in [2.05, 4.69) is 27.1 Å². The van der Waals surface area contributed by atoms with Gasteiger partial charge >= 0.3 is 6.18 Å². The molecule has 194 valence electrons. The Morgan fingerprint density at radius 2 is 2.00 bits per heavy atom. The van der Waals surface area contributed by atoms with Gasteiger partial charge in [-0.1, -0.05) is 13.3 Å². The smallest absolute Gasteiger partial charge is 0.418 e. The van der Waals surface area contributed by atoms with Crippen LogP contribution in [0.3, 0.4) is 0 Å². The van der Waals surface area contributed by atoms with E-state index in [-0.39, 0.29) is 35.0 Å². The molecule has 3 aromatic heterocycles.